The molecule has 1 atom stereocenters. The van der Waals surface area contributed by atoms with Gasteiger partial charge in [0, 0.05) is 12.8 Å². The molecule has 120 valence electrons. The number of aromatic nitrogens is 2. The lowest BCUT2D eigenvalue weighted by atomic mass is 9.80. The van der Waals surface area contributed by atoms with E-state index in [0.29, 0.717) is 12.4 Å². The molecule has 0 aliphatic heterocycles. The number of carbonyl (C=O) groups is 1. The second-order valence-electron chi connectivity index (χ2n) is 6.12. The highest BCUT2D eigenvalue weighted by atomic mass is 16.5. The summed E-state index contributed by atoms with van der Waals surface area (Å²) in [6, 6.07) is 0. The lowest BCUT2D eigenvalue weighted by molar-refractivity contribution is -0.149. The van der Waals surface area contributed by atoms with Crippen LogP contribution >= 0.6 is 0 Å². The van der Waals surface area contributed by atoms with Crippen molar-refractivity contribution in [1.29, 1.82) is 0 Å². The predicted molar refractivity (Wildman–Crippen MR) is 90.7 cm³/mol. The summed E-state index contributed by atoms with van der Waals surface area (Å²) in [6.45, 7) is 1.89. The molecule has 3 rings (SSSR count). The van der Waals surface area contributed by atoms with Gasteiger partial charge in [-0.05, 0) is 38.3 Å². The van der Waals surface area contributed by atoms with Gasteiger partial charge in [-0.3, -0.25) is 4.79 Å². The summed E-state index contributed by atoms with van der Waals surface area (Å²) >= 11 is 0. The fourth-order valence-corrected chi connectivity index (χ4v) is 2.84. The van der Waals surface area contributed by atoms with Gasteiger partial charge in [0.1, 0.15) is 0 Å². The first-order valence-electron chi connectivity index (χ1n) is 7.78. The lowest BCUT2D eigenvalue weighted by Gasteiger charge is -2.26. The van der Waals surface area contributed by atoms with Crippen molar-refractivity contribution in [2.24, 2.45) is 17.5 Å². The van der Waals surface area contributed by atoms with Crippen LogP contribution in [0.1, 0.15) is 26.2 Å². The quantitative estimate of drug-likeness (QED) is 0.779. The minimum absolute atomic E-state index is 0.201. The number of imidazole rings is 1. The number of allylic oxidation sites excluding steroid dienone is 3. The summed E-state index contributed by atoms with van der Waals surface area (Å²) in [5.41, 5.74) is 0.379. The molecule has 0 fully saturated rings. The fraction of sp³-hybridized carbons (Fsp3) is 0.389. The predicted octanol–water partition coefficient (Wildman–Crippen LogP) is 1.54. The van der Waals surface area contributed by atoms with E-state index < -0.39 is 5.41 Å². The van der Waals surface area contributed by atoms with E-state index in [1.54, 1.807) is 0 Å². The van der Waals surface area contributed by atoms with Crippen LogP contribution < -0.4 is 10.7 Å². The van der Waals surface area contributed by atoms with Crippen molar-refractivity contribution in [3.8, 4) is 0 Å². The van der Waals surface area contributed by atoms with Gasteiger partial charge < -0.3 is 9.30 Å². The normalized spacial score (nSPS) is 24.6. The summed E-state index contributed by atoms with van der Waals surface area (Å²) in [4.78, 5) is 21.1. The van der Waals surface area contributed by atoms with E-state index in [1.807, 2.05) is 36.8 Å². The van der Waals surface area contributed by atoms with Crippen molar-refractivity contribution >= 4 is 29.8 Å². The van der Waals surface area contributed by atoms with Crippen molar-refractivity contribution in [1.82, 2.24) is 9.55 Å². The second kappa shape index (κ2) is 5.99. The number of fused-ring (bicyclic) bond motifs is 1. The van der Waals surface area contributed by atoms with Gasteiger partial charge >= 0.3 is 5.97 Å². The van der Waals surface area contributed by atoms with Gasteiger partial charge in [0.25, 0.3) is 0 Å². The van der Waals surface area contributed by atoms with Crippen molar-refractivity contribution in [3.63, 3.8) is 0 Å². The largest absolute Gasteiger partial charge is 0.468 e. The molecule has 23 heavy (non-hydrogen) atoms. The van der Waals surface area contributed by atoms with E-state index in [4.69, 9.17) is 4.74 Å². The molecule has 1 aromatic rings. The zero-order chi connectivity index (χ0) is 16.4. The second-order valence-corrected chi connectivity index (χ2v) is 6.12. The number of hydrogen-bond donors (Lipinski definition) is 0. The standard InChI is InChI=1S/C18H21N3O2/c1-18(16(22)23-3)11-9-13(10-12-18)19-17-20-14-7-5-4-6-8-15(14)21(17)2/h4,6-9,11H,5,10,12H2,1-3H3. The highest BCUT2D eigenvalue weighted by Crippen LogP contribution is 2.31. The summed E-state index contributed by atoms with van der Waals surface area (Å²) in [7, 11) is 3.40. The van der Waals surface area contributed by atoms with Gasteiger partial charge in [-0.2, -0.15) is 0 Å². The van der Waals surface area contributed by atoms with Crippen molar-refractivity contribution in [2.75, 3.05) is 7.11 Å². The van der Waals surface area contributed by atoms with E-state index in [1.165, 1.54) is 7.11 Å². The Morgan fingerprint density at radius 2 is 2.30 bits per heavy atom. The number of methoxy groups -OCH3 is 1. The number of aliphatic imine (C=N–C) groups is 1. The zero-order valence-electron chi connectivity index (χ0n) is 13.7. The minimum Gasteiger partial charge on any atom is -0.468 e. The third kappa shape index (κ3) is 2.91. The molecule has 1 heterocycles. The summed E-state index contributed by atoms with van der Waals surface area (Å²) < 4.78 is 6.87. The van der Waals surface area contributed by atoms with Crippen LogP contribution in [0.4, 0.5) is 5.95 Å². The molecule has 0 spiro atoms. The summed E-state index contributed by atoms with van der Waals surface area (Å²) in [5.74, 6) is 0.492. The molecule has 0 radical (unpaired) electrons. The lowest BCUT2D eigenvalue weighted by Crippen LogP contribution is -2.30. The minimum atomic E-state index is -0.557. The first-order valence-corrected chi connectivity index (χ1v) is 7.78. The summed E-state index contributed by atoms with van der Waals surface area (Å²) in [6.07, 6.45) is 14.4. The van der Waals surface area contributed by atoms with Crippen LogP contribution in [-0.2, 0) is 16.6 Å². The van der Waals surface area contributed by atoms with E-state index >= 15 is 0 Å². The monoisotopic (exact) mass is 311 g/mol. The molecular formula is C18H21N3O2. The van der Waals surface area contributed by atoms with E-state index in [-0.39, 0.29) is 5.97 Å². The van der Waals surface area contributed by atoms with Crippen LogP contribution in [0.3, 0.4) is 0 Å². The third-order valence-corrected chi connectivity index (χ3v) is 4.42. The zero-order valence-corrected chi connectivity index (χ0v) is 13.7. The summed E-state index contributed by atoms with van der Waals surface area (Å²) in [5, 5.41) is 2.04. The Hall–Kier alpha value is -2.43. The maximum absolute atomic E-state index is 11.8. The van der Waals surface area contributed by atoms with Gasteiger partial charge in [0.2, 0.25) is 5.95 Å². The number of esters is 1. The van der Waals surface area contributed by atoms with Gasteiger partial charge in [-0.15, -0.1) is 0 Å². The smallest absolute Gasteiger partial charge is 0.315 e. The Bertz CT molecular complexity index is 842. The van der Waals surface area contributed by atoms with Crippen LogP contribution in [0.2, 0.25) is 0 Å². The molecule has 1 aromatic heterocycles. The number of carbonyl (C=O) groups excluding carboxylic acids is 1. The van der Waals surface area contributed by atoms with Gasteiger partial charge in [-0.1, -0.05) is 24.3 Å². The van der Waals surface area contributed by atoms with Crippen molar-refractivity contribution < 1.29 is 9.53 Å². The maximum Gasteiger partial charge on any atom is 0.315 e. The van der Waals surface area contributed by atoms with Gasteiger partial charge in [0.05, 0.1) is 23.2 Å². The highest BCUT2D eigenvalue weighted by molar-refractivity contribution is 5.99. The molecule has 2 aliphatic rings. The molecule has 0 N–H and O–H groups in total. The van der Waals surface area contributed by atoms with Crippen molar-refractivity contribution in [3.05, 3.63) is 35.0 Å². The Balaban J connectivity index is 1.93. The molecule has 0 saturated heterocycles. The Morgan fingerprint density at radius 3 is 3.00 bits per heavy atom. The molecule has 1 unspecified atom stereocenters. The SMILES string of the molecule is COC(=O)C1(C)C=CC(=Nc2nc3c(n2C)=CC=CCC=3)CC1. The number of nitrogens with zero attached hydrogens (tertiary/aromatic N) is 3. The van der Waals surface area contributed by atoms with E-state index in [2.05, 4.69) is 28.2 Å². The molecule has 0 amide bonds. The number of hydrogen-bond acceptors (Lipinski definition) is 4. The first kappa shape index (κ1) is 15.5. The molecule has 0 aromatic carbocycles. The van der Waals surface area contributed by atoms with Gasteiger partial charge in [-0.25, -0.2) is 9.98 Å². The molecular weight excluding hydrogens is 290 g/mol. The Kier molecular flexibility index (Phi) is 4.03. The number of ether oxygens (including phenoxy) is 1. The highest BCUT2D eigenvalue weighted by Gasteiger charge is 2.33. The molecule has 0 bridgehead atoms. The topological polar surface area (TPSA) is 56.5 Å². The van der Waals surface area contributed by atoms with Crippen molar-refractivity contribution in [2.45, 2.75) is 26.2 Å². The molecule has 5 nitrogen and oxygen atoms in total. The first-order chi connectivity index (χ1) is 11.0. The fourth-order valence-electron chi connectivity index (χ4n) is 2.84. The Morgan fingerprint density at radius 1 is 1.48 bits per heavy atom. The van der Waals surface area contributed by atoms with E-state index in [0.717, 1.165) is 29.3 Å². The van der Waals surface area contributed by atoms with Gasteiger partial charge in [0.15, 0.2) is 0 Å². The molecule has 2 aliphatic carbocycles. The van der Waals surface area contributed by atoms with Crippen LogP contribution in [0.5, 0.6) is 0 Å². The van der Waals surface area contributed by atoms with E-state index in [9.17, 15) is 4.79 Å². The maximum atomic E-state index is 11.8. The van der Waals surface area contributed by atoms with Crippen LogP contribution in [0.15, 0.2) is 29.3 Å². The van der Waals surface area contributed by atoms with Crippen LogP contribution in [-0.4, -0.2) is 28.3 Å². The number of rotatable bonds is 2. The average Bonchev–Trinajstić information content (AvgIpc) is 2.73. The molecule has 0 saturated carbocycles. The average molecular weight is 311 g/mol. The van der Waals surface area contributed by atoms with Crippen LogP contribution in [0, 0.1) is 5.41 Å². The van der Waals surface area contributed by atoms with Crippen LogP contribution in [0.25, 0.3) is 12.2 Å². The molecule has 5 heteroatoms. The Labute approximate surface area is 135 Å². The third-order valence-electron chi connectivity index (χ3n) is 4.42.